The normalized spacial score (nSPS) is 15.8. The summed E-state index contributed by atoms with van der Waals surface area (Å²) >= 11 is 2.20. The number of anilines is 1. The molecule has 0 saturated heterocycles. The Morgan fingerprint density at radius 2 is 1.84 bits per heavy atom. The zero-order valence-corrected chi connectivity index (χ0v) is 20.7. The second-order valence-electron chi connectivity index (χ2n) is 9.37. The van der Waals surface area contributed by atoms with Gasteiger partial charge >= 0.3 is 5.97 Å². The Balaban J connectivity index is 1.59. The number of nitrogens with one attached hydrogen (secondary N) is 1. The molecule has 166 valence electrons. The van der Waals surface area contributed by atoms with Crippen LogP contribution in [0.4, 0.5) is 5.69 Å². The highest BCUT2D eigenvalue weighted by atomic mass is 127. The molecule has 2 aromatic carbocycles. The van der Waals surface area contributed by atoms with Crippen molar-refractivity contribution in [3.05, 3.63) is 68.9 Å². The summed E-state index contributed by atoms with van der Waals surface area (Å²) < 4.78 is 6.58. The summed E-state index contributed by atoms with van der Waals surface area (Å²) in [6.45, 7) is 6.39. The van der Waals surface area contributed by atoms with Gasteiger partial charge in [-0.2, -0.15) is 0 Å². The monoisotopic (exact) mass is 542 g/mol. The van der Waals surface area contributed by atoms with Crippen molar-refractivity contribution < 1.29 is 14.3 Å². The lowest BCUT2D eigenvalue weighted by molar-refractivity contribution is -0.119. The van der Waals surface area contributed by atoms with E-state index >= 15 is 0 Å². The van der Waals surface area contributed by atoms with E-state index in [2.05, 4.69) is 48.7 Å². The summed E-state index contributed by atoms with van der Waals surface area (Å²) in [5.41, 5.74) is 4.10. The van der Waals surface area contributed by atoms with Gasteiger partial charge in [0.15, 0.2) is 6.61 Å². The molecule has 0 aliphatic heterocycles. The van der Waals surface area contributed by atoms with Crippen LogP contribution >= 0.6 is 22.6 Å². The van der Waals surface area contributed by atoms with Gasteiger partial charge in [-0.1, -0.05) is 39.0 Å². The van der Waals surface area contributed by atoms with Crippen LogP contribution in [0.5, 0.6) is 0 Å². The summed E-state index contributed by atoms with van der Waals surface area (Å²) in [7, 11) is 0. The van der Waals surface area contributed by atoms with Crippen molar-refractivity contribution in [3.63, 3.8) is 0 Å². The number of hydrogen-bond donors (Lipinski definition) is 1. The lowest BCUT2D eigenvalue weighted by Crippen LogP contribution is -2.29. The van der Waals surface area contributed by atoms with Gasteiger partial charge in [0.05, 0.1) is 11.1 Å². The number of esters is 1. The maximum absolute atomic E-state index is 13.3. The fourth-order valence-electron chi connectivity index (χ4n) is 4.29. The molecule has 0 radical (unpaired) electrons. The maximum Gasteiger partial charge on any atom is 0.339 e. The molecule has 4 rings (SSSR count). The first kappa shape index (κ1) is 22.7. The Bertz CT molecular complexity index is 1170. The van der Waals surface area contributed by atoms with Crippen LogP contribution in [0.3, 0.4) is 0 Å². The standard InChI is InChI=1S/C26H27IN2O3/c1-26(2,3)16-8-13-22-20(14-16)24(19-6-4-5-7-21(19)29-22)25(31)32-15-23(30)28-18-11-9-17(27)10-12-18/h4-7,9-12,16H,8,13-15H2,1-3H3,(H,28,30)/t16-/m1/s1. The van der Waals surface area contributed by atoms with Crippen LogP contribution in [0, 0.1) is 14.9 Å². The van der Waals surface area contributed by atoms with Crippen molar-refractivity contribution in [3.8, 4) is 0 Å². The van der Waals surface area contributed by atoms with Gasteiger partial charge in [-0.05, 0) is 89.1 Å². The van der Waals surface area contributed by atoms with Crippen LogP contribution in [0.2, 0.25) is 0 Å². The number of carbonyl (C=O) groups is 2. The topological polar surface area (TPSA) is 68.3 Å². The predicted molar refractivity (Wildman–Crippen MR) is 135 cm³/mol. The predicted octanol–water partition coefficient (Wildman–Crippen LogP) is 5.79. The van der Waals surface area contributed by atoms with Gasteiger partial charge in [0.2, 0.25) is 0 Å². The minimum absolute atomic E-state index is 0.137. The zero-order valence-electron chi connectivity index (χ0n) is 18.6. The number of benzene rings is 2. The van der Waals surface area contributed by atoms with Gasteiger partial charge in [-0.3, -0.25) is 9.78 Å². The molecule has 1 heterocycles. The molecular formula is C26H27IN2O3. The lowest BCUT2D eigenvalue weighted by atomic mass is 9.70. The molecule has 1 N–H and O–H groups in total. The van der Waals surface area contributed by atoms with Crippen LogP contribution in [0.1, 0.15) is 48.8 Å². The molecule has 1 aliphatic carbocycles. The molecule has 3 aromatic rings. The number of pyridine rings is 1. The molecule has 6 heteroatoms. The molecule has 1 atom stereocenters. The number of halogens is 1. The van der Waals surface area contributed by atoms with Crippen molar-refractivity contribution in [1.82, 2.24) is 4.98 Å². The van der Waals surface area contributed by atoms with Crippen LogP contribution in [-0.4, -0.2) is 23.5 Å². The van der Waals surface area contributed by atoms with Gasteiger partial charge in [0.25, 0.3) is 5.91 Å². The third kappa shape index (κ3) is 4.95. The van der Waals surface area contributed by atoms with E-state index in [1.54, 1.807) is 0 Å². The van der Waals surface area contributed by atoms with Crippen LogP contribution in [-0.2, 0) is 22.4 Å². The minimum Gasteiger partial charge on any atom is -0.452 e. The quantitative estimate of drug-likeness (QED) is 0.335. The molecule has 0 bridgehead atoms. The maximum atomic E-state index is 13.3. The number of para-hydroxylation sites is 1. The van der Waals surface area contributed by atoms with E-state index < -0.39 is 5.97 Å². The Morgan fingerprint density at radius 1 is 1.12 bits per heavy atom. The molecule has 0 fully saturated rings. The van der Waals surface area contributed by atoms with E-state index in [1.807, 2.05) is 48.5 Å². The van der Waals surface area contributed by atoms with Crippen LogP contribution in [0.15, 0.2) is 48.5 Å². The number of amides is 1. The van der Waals surface area contributed by atoms with E-state index in [0.29, 0.717) is 17.2 Å². The van der Waals surface area contributed by atoms with Gasteiger partial charge in [-0.25, -0.2) is 4.79 Å². The highest BCUT2D eigenvalue weighted by Gasteiger charge is 2.33. The summed E-state index contributed by atoms with van der Waals surface area (Å²) in [5.74, 6) is -0.375. The fourth-order valence-corrected chi connectivity index (χ4v) is 4.65. The van der Waals surface area contributed by atoms with Gasteiger partial charge in [-0.15, -0.1) is 0 Å². The van der Waals surface area contributed by atoms with Crippen molar-refractivity contribution in [2.24, 2.45) is 11.3 Å². The lowest BCUT2D eigenvalue weighted by Gasteiger charge is -2.35. The first-order valence-corrected chi connectivity index (χ1v) is 11.9. The second kappa shape index (κ2) is 9.17. The molecule has 5 nitrogen and oxygen atoms in total. The minimum atomic E-state index is -0.466. The van der Waals surface area contributed by atoms with Crippen molar-refractivity contribution >= 4 is 51.1 Å². The number of carbonyl (C=O) groups excluding carboxylic acids is 2. The van der Waals surface area contributed by atoms with Gasteiger partial charge in [0.1, 0.15) is 0 Å². The van der Waals surface area contributed by atoms with Crippen LogP contribution < -0.4 is 5.32 Å². The first-order chi connectivity index (χ1) is 15.2. The largest absolute Gasteiger partial charge is 0.452 e. The molecular weight excluding hydrogens is 515 g/mol. The Kier molecular flexibility index (Phi) is 6.51. The van der Waals surface area contributed by atoms with E-state index in [9.17, 15) is 9.59 Å². The third-order valence-corrected chi connectivity index (χ3v) is 6.87. The molecule has 1 aromatic heterocycles. The molecule has 0 unspecified atom stereocenters. The number of nitrogens with zero attached hydrogens (tertiary/aromatic N) is 1. The number of aryl methyl sites for hydroxylation is 1. The molecule has 0 saturated carbocycles. The molecule has 0 spiro atoms. The SMILES string of the molecule is CC(C)(C)[C@@H]1CCc2nc3ccccc3c(C(=O)OCC(=O)Nc3ccc(I)cc3)c2C1. The van der Waals surface area contributed by atoms with E-state index in [4.69, 9.17) is 9.72 Å². The smallest absolute Gasteiger partial charge is 0.339 e. The summed E-state index contributed by atoms with van der Waals surface area (Å²) in [6, 6.07) is 15.1. The van der Waals surface area contributed by atoms with Gasteiger partial charge in [0, 0.05) is 20.3 Å². The number of fused-ring (bicyclic) bond motifs is 2. The van der Waals surface area contributed by atoms with Crippen LogP contribution in [0.25, 0.3) is 10.9 Å². The van der Waals surface area contributed by atoms with Crippen molar-refractivity contribution in [2.45, 2.75) is 40.0 Å². The number of rotatable bonds is 4. The highest BCUT2D eigenvalue weighted by Crippen LogP contribution is 2.39. The highest BCUT2D eigenvalue weighted by molar-refractivity contribution is 14.1. The van der Waals surface area contributed by atoms with E-state index in [1.165, 1.54) is 0 Å². The first-order valence-electron chi connectivity index (χ1n) is 10.9. The van der Waals surface area contributed by atoms with Crippen molar-refractivity contribution in [2.75, 3.05) is 11.9 Å². The molecule has 1 amide bonds. The van der Waals surface area contributed by atoms with Crippen molar-refractivity contribution in [1.29, 1.82) is 0 Å². The Labute approximate surface area is 202 Å². The summed E-state index contributed by atoms with van der Waals surface area (Å²) in [5, 5.41) is 3.55. The van der Waals surface area contributed by atoms with E-state index in [0.717, 1.165) is 45.0 Å². The number of ether oxygens (including phenoxy) is 1. The molecule has 32 heavy (non-hydrogen) atoms. The number of hydrogen-bond acceptors (Lipinski definition) is 4. The second-order valence-corrected chi connectivity index (χ2v) is 10.6. The fraction of sp³-hybridized carbons (Fsp3) is 0.346. The van der Waals surface area contributed by atoms with Gasteiger partial charge < -0.3 is 10.1 Å². The zero-order chi connectivity index (χ0) is 22.9. The average molecular weight is 542 g/mol. The third-order valence-electron chi connectivity index (χ3n) is 6.15. The number of aromatic nitrogens is 1. The van der Waals surface area contributed by atoms with E-state index in [-0.39, 0.29) is 17.9 Å². The average Bonchev–Trinajstić information content (AvgIpc) is 2.76. The summed E-state index contributed by atoms with van der Waals surface area (Å²) in [4.78, 5) is 30.5. The summed E-state index contributed by atoms with van der Waals surface area (Å²) in [6.07, 6.45) is 2.68. The Hall–Kier alpha value is -2.48. The molecule has 1 aliphatic rings. The Morgan fingerprint density at radius 3 is 2.56 bits per heavy atom.